The van der Waals surface area contributed by atoms with Gasteiger partial charge in [-0.05, 0) is 13.8 Å². The first-order valence-corrected chi connectivity index (χ1v) is 6.05. The van der Waals surface area contributed by atoms with Crippen LogP contribution in [0.1, 0.15) is 12.5 Å². The minimum atomic E-state index is 0.465. The lowest BCUT2D eigenvalue weighted by atomic mass is 10.4. The molecule has 0 aliphatic rings. The maximum Gasteiger partial charge on any atom is 0.225 e. The number of hydrogen-bond donors (Lipinski definition) is 1. The molecule has 0 saturated heterocycles. The first-order chi connectivity index (χ1) is 8.77. The van der Waals surface area contributed by atoms with Crippen molar-refractivity contribution in [1.29, 1.82) is 0 Å². The van der Waals surface area contributed by atoms with E-state index in [1.165, 1.54) is 0 Å². The summed E-state index contributed by atoms with van der Waals surface area (Å²) in [5.41, 5.74) is 0.911. The fourth-order valence-corrected chi connectivity index (χ4v) is 1.26. The van der Waals surface area contributed by atoms with Gasteiger partial charge in [0.15, 0.2) is 0 Å². The smallest absolute Gasteiger partial charge is 0.225 e. The maximum atomic E-state index is 5.55. The Hall–Kier alpha value is -1.40. The van der Waals surface area contributed by atoms with E-state index >= 15 is 0 Å². The van der Waals surface area contributed by atoms with E-state index in [0.29, 0.717) is 38.3 Å². The highest BCUT2D eigenvalue weighted by atomic mass is 16.5. The molecule has 1 rings (SSSR count). The molecular formula is C12H21N3O3. The van der Waals surface area contributed by atoms with Gasteiger partial charge in [0.05, 0.1) is 19.8 Å². The van der Waals surface area contributed by atoms with Gasteiger partial charge >= 0.3 is 0 Å². The van der Waals surface area contributed by atoms with E-state index in [0.717, 1.165) is 12.1 Å². The molecule has 0 radical (unpaired) electrons. The molecule has 6 heteroatoms. The minimum absolute atomic E-state index is 0.465. The average Bonchev–Trinajstić information content (AvgIpc) is 2.37. The Kier molecular flexibility index (Phi) is 7.05. The Morgan fingerprint density at radius 3 is 2.72 bits per heavy atom. The zero-order valence-electron chi connectivity index (χ0n) is 11.2. The molecule has 0 aromatic carbocycles. The lowest BCUT2D eigenvalue weighted by Gasteiger charge is -2.09. The zero-order valence-corrected chi connectivity index (χ0v) is 11.2. The molecular weight excluding hydrogens is 234 g/mol. The first-order valence-electron chi connectivity index (χ1n) is 6.05. The molecule has 0 aliphatic carbocycles. The Balaban J connectivity index is 2.34. The Labute approximate surface area is 108 Å². The topological polar surface area (TPSA) is 65.5 Å². The number of aryl methyl sites for hydroxylation is 1. The van der Waals surface area contributed by atoms with E-state index in [4.69, 9.17) is 14.2 Å². The molecule has 6 nitrogen and oxygen atoms in total. The SMILES string of the molecule is CCNc1ncc(C)c(OCCOCCOC)n1. The molecule has 0 aliphatic heterocycles. The van der Waals surface area contributed by atoms with Crippen LogP contribution in [-0.4, -0.2) is 50.1 Å². The lowest BCUT2D eigenvalue weighted by molar-refractivity contribution is 0.0535. The van der Waals surface area contributed by atoms with Crippen LogP contribution >= 0.6 is 0 Å². The van der Waals surface area contributed by atoms with Crippen molar-refractivity contribution in [2.24, 2.45) is 0 Å². The summed E-state index contributed by atoms with van der Waals surface area (Å²) < 4.78 is 15.7. The maximum absolute atomic E-state index is 5.55. The highest BCUT2D eigenvalue weighted by molar-refractivity contribution is 5.32. The third kappa shape index (κ3) is 5.29. The number of methoxy groups -OCH3 is 1. The van der Waals surface area contributed by atoms with Crippen molar-refractivity contribution in [2.75, 3.05) is 45.4 Å². The number of rotatable bonds is 9. The molecule has 0 spiro atoms. The van der Waals surface area contributed by atoms with Crippen LogP contribution in [0.25, 0.3) is 0 Å². The Morgan fingerprint density at radius 2 is 2.00 bits per heavy atom. The molecule has 1 aromatic rings. The molecule has 18 heavy (non-hydrogen) atoms. The van der Waals surface area contributed by atoms with E-state index in [9.17, 15) is 0 Å². The van der Waals surface area contributed by atoms with Crippen LogP contribution in [0.2, 0.25) is 0 Å². The summed E-state index contributed by atoms with van der Waals surface area (Å²) in [5.74, 6) is 1.18. The molecule has 0 unspecified atom stereocenters. The monoisotopic (exact) mass is 255 g/mol. The van der Waals surface area contributed by atoms with Crippen molar-refractivity contribution in [2.45, 2.75) is 13.8 Å². The van der Waals surface area contributed by atoms with Crippen LogP contribution in [0, 0.1) is 6.92 Å². The zero-order chi connectivity index (χ0) is 13.2. The van der Waals surface area contributed by atoms with Crippen LogP contribution in [0.15, 0.2) is 6.20 Å². The number of aromatic nitrogens is 2. The molecule has 102 valence electrons. The predicted molar refractivity (Wildman–Crippen MR) is 69.1 cm³/mol. The highest BCUT2D eigenvalue weighted by Crippen LogP contribution is 2.14. The fourth-order valence-electron chi connectivity index (χ4n) is 1.26. The van der Waals surface area contributed by atoms with Gasteiger partial charge in [-0.2, -0.15) is 4.98 Å². The van der Waals surface area contributed by atoms with Gasteiger partial charge in [-0.15, -0.1) is 0 Å². The molecule has 0 amide bonds. The molecule has 0 saturated carbocycles. The first kappa shape index (κ1) is 14.7. The second kappa shape index (κ2) is 8.66. The number of hydrogen-bond acceptors (Lipinski definition) is 6. The summed E-state index contributed by atoms with van der Waals surface area (Å²) in [7, 11) is 1.65. The van der Waals surface area contributed by atoms with Crippen LogP contribution in [-0.2, 0) is 9.47 Å². The van der Waals surface area contributed by atoms with E-state index in [-0.39, 0.29) is 0 Å². The highest BCUT2D eigenvalue weighted by Gasteiger charge is 2.04. The summed E-state index contributed by atoms with van der Waals surface area (Å²) in [4.78, 5) is 8.42. The minimum Gasteiger partial charge on any atom is -0.475 e. The van der Waals surface area contributed by atoms with Gasteiger partial charge in [0.2, 0.25) is 11.8 Å². The Bertz CT molecular complexity index is 347. The van der Waals surface area contributed by atoms with E-state index < -0.39 is 0 Å². The average molecular weight is 255 g/mol. The number of anilines is 1. The number of nitrogens with one attached hydrogen (secondary N) is 1. The molecule has 0 atom stereocenters. The Morgan fingerprint density at radius 1 is 1.22 bits per heavy atom. The van der Waals surface area contributed by atoms with Gasteiger partial charge in [-0.1, -0.05) is 0 Å². The summed E-state index contributed by atoms with van der Waals surface area (Å²) in [5, 5.41) is 3.04. The largest absolute Gasteiger partial charge is 0.475 e. The standard InChI is InChI=1S/C12H21N3O3/c1-4-13-12-14-9-10(2)11(15-12)18-8-7-17-6-5-16-3/h9H,4-8H2,1-3H3,(H,13,14,15). The molecule has 1 heterocycles. The van der Waals surface area contributed by atoms with Crippen molar-refractivity contribution >= 4 is 5.95 Å². The van der Waals surface area contributed by atoms with Crippen LogP contribution in [0.5, 0.6) is 5.88 Å². The van der Waals surface area contributed by atoms with Crippen molar-refractivity contribution in [1.82, 2.24) is 9.97 Å². The van der Waals surface area contributed by atoms with Crippen molar-refractivity contribution in [3.63, 3.8) is 0 Å². The van der Waals surface area contributed by atoms with Crippen LogP contribution in [0.4, 0.5) is 5.95 Å². The summed E-state index contributed by atoms with van der Waals surface area (Å²) in [6.07, 6.45) is 1.74. The fraction of sp³-hybridized carbons (Fsp3) is 0.667. The van der Waals surface area contributed by atoms with E-state index in [1.54, 1.807) is 13.3 Å². The lowest BCUT2D eigenvalue weighted by Crippen LogP contribution is -2.12. The van der Waals surface area contributed by atoms with Gasteiger partial charge in [-0.3, -0.25) is 0 Å². The van der Waals surface area contributed by atoms with E-state index in [1.807, 2.05) is 13.8 Å². The van der Waals surface area contributed by atoms with Crippen molar-refractivity contribution < 1.29 is 14.2 Å². The number of ether oxygens (including phenoxy) is 3. The van der Waals surface area contributed by atoms with Gasteiger partial charge in [0, 0.05) is 25.4 Å². The van der Waals surface area contributed by atoms with Gasteiger partial charge in [0.25, 0.3) is 0 Å². The van der Waals surface area contributed by atoms with Gasteiger partial charge in [0.1, 0.15) is 6.61 Å². The third-order valence-corrected chi connectivity index (χ3v) is 2.16. The van der Waals surface area contributed by atoms with Crippen molar-refractivity contribution in [3.05, 3.63) is 11.8 Å². The van der Waals surface area contributed by atoms with Gasteiger partial charge < -0.3 is 19.5 Å². The van der Waals surface area contributed by atoms with Crippen LogP contribution in [0.3, 0.4) is 0 Å². The normalized spacial score (nSPS) is 10.4. The van der Waals surface area contributed by atoms with Gasteiger partial charge in [-0.25, -0.2) is 4.98 Å². The molecule has 0 bridgehead atoms. The second-order valence-corrected chi connectivity index (χ2v) is 3.67. The molecule has 0 fully saturated rings. The second-order valence-electron chi connectivity index (χ2n) is 3.67. The number of nitrogens with zero attached hydrogens (tertiary/aromatic N) is 2. The predicted octanol–water partition coefficient (Wildman–Crippen LogP) is 1.26. The quantitative estimate of drug-likeness (QED) is 0.670. The van der Waals surface area contributed by atoms with Crippen molar-refractivity contribution in [3.8, 4) is 5.88 Å². The van der Waals surface area contributed by atoms with Crippen LogP contribution < -0.4 is 10.1 Å². The summed E-state index contributed by atoms with van der Waals surface area (Å²) in [6.45, 7) is 6.84. The molecule has 1 aromatic heterocycles. The summed E-state index contributed by atoms with van der Waals surface area (Å²) >= 11 is 0. The molecule has 1 N–H and O–H groups in total. The summed E-state index contributed by atoms with van der Waals surface area (Å²) in [6, 6.07) is 0. The van der Waals surface area contributed by atoms with E-state index in [2.05, 4.69) is 15.3 Å². The third-order valence-electron chi connectivity index (χ3n) is 2.16.